The highest BCUT2D eigenvalue weighted by molar-refractivity contribution is 5.86. The zero-order valence-corrected chi connectivity index (χ0v) is 8.42. The van der Waals surface area contributed by atoms with E-state index in [1.165, 1.54) is 11.6 Å². The number of oxazole rings is 1. The van der Waals surface area contributed by atoms with Crippen LogP contribution in [0, 0.1) is 0 Å². The summed E-state index contributed by atoms with van der Waals surface area (Å²) in [4.78, 5) is 3.98. The standard InChI is InChI=1S/C13H9NO2/c15-12-8-14-13(16-12)11-6-5-9-3-1-2-4-10(9)7-11/h1-8,15H. The second kappa shape index (κ2) is 3.38. The second-order valence-corrected chi connectivity index (χ2v) is 3.57. The first-order chi connectivity index (χ1) is 7.83. The van der Waals surface area contributed by atoms with E-state index in [-0.39, 0.29) is 5.95 Å². The molecule has 0 aliphatic carbocycles. The van der Waals surface area contributed by atoms with Gasteiger partial charge in [-0.1, -0.05) is 30.3 Å². The van der Waals surface area contributed by atoms with E-state index in [1.807, 2.05) is 42.5 Å². The molecule has 0 aliphatic heterocycles. The maximum atomic E-state index is 9.10. The van der Waals surface area contributed by atoms with Crippen LogP contribution in [0.5, 0.6) is 5.95 Å². The summed E-state index contributed by atoms with van der Waals surface area (Å²) in [6, 6.07) is 14.0. The molecule has 0 spiro atoms. The van der Waals surface area contributed by atoms with E-state index in [2.05, 4.69) is 4.98 Å². The lowest BCUT2D eigenvalue weighted by Gasteiger charge is -1.99. The van der Waals surface area contributed by atoms with Crippen molar-refractivity contribution in [3.63, 3.8) is 0 Å². The molecule has 16 heavy (non-hydrogen) atoms. The van der Waals surface area contributed by atoms with Crippen molar-refractivity contribution in [2.24, 2.45) is 0 Å². The fraction of sp³-hybridized carbons (Fsp3) is 0. The average molecular weight is 211 g/mol. The molecule has 2 aromatic carbocycles. The molecule has 1 N–H and O–H groups in total. The van der Waals surface area contributed by atoms with Crippen molar-refractivity contribution in [1.29, 1.82) is 0 Å². The number of benzene rings is 2. The van der Waals surface area contributed by atoms with Crippen molar-refractivity contribution in [3.05, 3.63) is 48.7 Å². The van der Waals surface area contributed by atoms with Crippen molar-refractivity contribution in [2.75, 3.05) is 0 Å². The van der Waals surface area contributed by atoms with Gasteiger partial charge in [0.15, 0.2) is 0 Å². The summed E-state index contributed by atoms with van der Waals surface area (Å²) >= 11 is 0. The quantitative estimate of drug-likeness (QED) is 0.672. The Morgan fingerprint density at radius 3 is 2.56 bits per heavy atom. The Morgan fingerprint density at radius 2 is 1.81 bits per heavy atom. The van der Waals surface area contributed by atoms with Crippen molar-refractivity contribution in [1.82, 2.24) is 4.98 Å². The molecule has 0 bridgehead atoms. The fourth-order valence-electron chi connectivity index (χ4n) is 1.72. The largest absolute Gasteiger partial charge is 0.480 e. The van der Waals surface area contributed by atoms with Gasteiger partial charge < -0.3 is 9.52 Å². The van der Waals surface area contributed by atoms with Gasteiger partial charge in [-0.3, -0.25) is 0 Å². The molecule has 0 atom stereocenters. The zero-order valence-electron chi connectivity index (χ0n) is 8.42. The molecular formula is C13H9NO2. The summed E-state index contributed by atoms with van der Waals surface area (Å²) in [6.07, 6.45) is 1.30. The summed E-state index contributed by atoms with van der Waals surface area (Å²) in [6.45, 7) is 0. The topological polar surface area (TPSA) is 46.3 Å². The Morgan fingerprint density at radius 1 is 1.00 bits per heavy atom. The number of aromatic hydroxyl groups is 1. The van der Waals surface area contributed by atoms with Gasteiger partial charge in [0.1, 0.15) is 6.20 Å². The molecule has 3 nitrogen and oxygen atoms in total. The lowest BCUT2D eigenvalue weighted by atomic mass is 10.1. The van der Waals surface area contributed by atoms with Crippen molar-refractivity contribution < 1.29 is 9.52 Å². The number of hydrogen-bond acceptors (Lipinski definition) is 3. The van der Waals surface area contributed by atoms with Crippen LogP contribution in [0.3, 0.4) is 0 Å². The molecule has 0 unspecified atom stereocenters. The van der Waals surface area contributed by atoms with Gasteiger partial charge in [-0.25, -0.2) is 4.98 Å². The van der Waals surface area contributed by atoms with E-state index >= 15 is 0 Å². The minimum Gasteiger partial charge on any atom is -0.480 e. The molecular weight excluding hydrogens is 202 g/mol. The van der Waals surface area contributed by atoms with E-state index in [0.29, 0.717) is 5.89 Å². The SMILES string of the molecule is Oc1cnc(-c2ccc3ccccc3c2)o1. The molecule has 78 valence electrons. The summed E-state index contributed by atoms with van der Waals surface area (Å²) in [5.74, 6) is 0.270. The number of nitrogens with zero attached hydrogens (tertiary/aromatic N) is 1. The molecule has 3 aromatic rings. The van der Waals surface area contributed by atoms with Crippen LogP contribution in [0.15, 0.2) is 53.1 Å². The fourth-order valence-corrected chi connectivity index (χ4v) is 1.72. The highest BCUT2D eigenvalue weighted by Gasteiger charge is 2.05. The Kier molecular flexibility index (Phi) is 1.90. The number of hydrogen-bond donors (Lipinski definition) is 1. The number of aromatic nitrogens is 1. The first-order valence-corrected chi connectivity index (χ1v) is 4.97. The molecule has 0 radical (unpaired) electrons. The second-order valence-electron chi connectivity index (χ2n) is 3.57. The van der Waals surface area contributed by atoms with Crippen molar-refractivity contribution >= 4 is 10.8 Å². The third kappa shape index (κ3) is 1.42. The third-order valence-electron chi connectivity index (χ3n) is 2.49. The molecule has 0 saturated heterocycles. The van der Waals surface area contributed by atoms with Gasteiger partial charge in [-0.05, 0) is 22.9 Å². The van der Waals surface area contributed by atoms with Crippen LogP contribution in [0.4, 0.5) is 0 Å². The van der Waals surface area contributed by atoms with E-state index in [1.54, 1.807) is 0 Å². The lowest BCUT2D eigenvalue weighted by Crippen LogP contribution is -1.77. The van der Waals surface area contributed by atoms with Gasteiger partial charge in [0.05, 0.1) is 0 Å². The van der Waals surface area contributed by atoms with Crippen molar-refractivity contribution in [2.45, 2.75) is 0 Å². The van der Waals surface area contributed by atoms with Gasteiger partial charge in [0, 0.05) is 5.56 Å². The number of rotatable bonds is 1. The average Bonchev–Trinajstić information content (AvgIpc) is 2.75. The van der Waals surface area contributed by atoms with E-state index in [4.69, 9.17) is 9.52 Å². The summed E-state index contributed by atoms with van der Waals surface area (Å²) in [5, 5.41) is 11.4. The maximum Gasteiger partial charge on any atom is 0.302 e. The minimum atomic E-state index is -0.164. The maximum absolute atomic E-state index is 9.10. The predicted octanol–water partition coefficient (Wildman–Crippen LogP) is 3.20. The molecule has 3 heteroatoms. The minimum absolute atomic E-state index is 0.164. The molecule has 0 amide bonds. The molecule has 0 aliphatic rings. The summed E-state index contributed by atoms with van der Waals surface area (Å²) in [5.41, 5.74) is 0.860. The molecule has 3 rings (SSSR count). The highest BCUT2D eigenvalue weighted by Crippen LogP contribution is 2.25. The predicted molar refractivity (Wildman–Crippen MR) is 61.1 cm³/mol. The first kappa shape index (κ1) is 8.97. The molecule has 1 heterocycles. The number of fused-ring (bicyclic) bond motifs is 1. The summed E-state index contributed by atoms with van der Waals surface area (Å²) < 4.78 is 5.06. The van der Waals surface area contributed by atoms with Crippen LogP contribution < -0.4 is 0 Å². The van der Waals surface area contributed by atoms with Gasteiger partial charge in [-0.15, -0.1) is 0 Å². The normalized spacial score (nSPS) is 10.8. The van der Waals surface area contributed by atoms with Gasteiger partial charge in [-0.2, -0.15) is 0 Å². The first-order valence-electron chi connectivity index (χ1n) is 4.97. The monoisotopic (exact) mass is 211 g/mol. The Labute approximate surface area is 92.0 Å². The van der Waals surface area contributed by atoms with Crippen LogP contribution >= 0.6 is 0 Å². The van der Waals surface area contributed by atoms with Crippen LogP contribution in [0.2, 0.25) is 0 Å². The van der Waals surface area contributed by atoms with E-state index < -0.39 is 0 Å². The van der Waals surface area contributed by atoms with Gasteiger partial charge in [0.2, 0.25) is 5.89 Å². The highest BCUT2D eigenvalue weighted by atomic mass is 16.5. The Balaban J connectivity index is 2.18. The van der Waals surface area contributed by atoms with Crippen LogP contribution in [-0.4, -0.2) is 10.1 Å². The van der Waals surface area contributed by atoms with E-state index in [0.717, 1.165) is 10.9 Å². The third-order valence-corrected chi connectivity index (χ3v) is 2.49. The smallest absolute Gasteiger partial charge is 0.302 e. The van der Waals surface area contributed by atoms with E-state index in [9.17, 15) is 0 Å². The van der Waals surface area contributed by atoms with Crippen LogP contribution in [-0.2, 0) is 0 Å². The van der Waals surface area contributed by atoms with Crippen LogP contribution in [0.1, 0.15) is 0 Å². The molecule has 1 aromatic heterocycles. The van der Waals surface area contributed by atoms with Gasteiger partial charge >= 0.3 is 5.95 Å². The Hall–Kier alpha value is -2.29. The van der Waals surface area contributed by atoms with Crippen molar-refractivity contribution in [3.8, 4) is 17.4 Å². The molecule has 0 fully saturated rings. The van der Waals surface area contributed by atoms with Crippen LogP contribution in [0.25, 0.3) is 22.2 Å². The summed E-state index contributed by atoms with van der Waals surface area (Å²) in [7, 11) is 0. The lowest BCUT2D eigenvalue weighted by molar-refractivity contribution is 0.337. The zero-order chi connectivity index (χ0) is 11.0. The Bertz CT molecular complexity index is 643. The molecule has 0 saturated carbocycles. The van der Waals surface area contributed by atoms with Gasteiger partial charge in [0.25, 0.3) is 0 Å².